The first-order chi connectivity index (χ1) is 8.56. The molecule has 2 N–H and O–H groups in total. The van der Waals surface area contributed by atoms with Crippen LogP contribution in [0, 0.1) is 6.92 Å². The number of pyridine rings is 1. The highest BCUT2D eigenvalue weighted by Gasteiger charge is 2.13. The Kier molecular flexibility index (Phi) is 3.62. The average molecular weight is 261 g/mol. The summed E-state index contributed by atoms with van der Waals surface area (Å²) < 4.78 is 0. The average Bonchev–Trinajstić information content (AvgIpc) is 2.79. The summed E-state index contributed by atoms with van der Waals surface area (Å²) in [6.07, 6.45) is 0. The molecule has 4 nitrogen and oxygen atoms in total. The minimum Gasteiger partial charge on any atom is -0.384 e. The van der Waals surface area contributed by atoms with Gasteiger partial charge in [0.2, 0.25) is 0 Å². The maximum Gasteiger partial charge on any atom is 0.254 e. The second-order valence-corrected chi connectivity index (χ2v) is 5.19. The highest BCUT2D eigenvalue weighted by molar-refractivity contribution is 7.09. The summed E-state index contributed by atoms with van der Waals surface area (Å²) in [5.74, 6) is 0.337. The van der Waals surface area contributed by atoms with E-state index in [-0.39, 0.29) is 5.91 Å². The number of hydrogen-bond donors (Lipinski definition) is 1. The maximum absolute atomic E-state index is 12.2. The first kappa shape index (κ1) is 12.6. The van der Waals surface area contributed by atoms with Gasteiger partial charge in [-0.2, -0.15) is 0 Å². The van der Waals surface area contributed by atoms with Gasteiger partial charge in [-0.25, -0.2) is 4.98 Å². The van der Waals surface area contributed by atoms with Crippen molar-refractivity contribution in [2.75, 3.05) is 12.8 Å². The third kappa shape index (κ3) is 2.87. The molecule has 0 aliphatic rings. The summed E-state index contributed by atoms with van der Waals surface area (Å²) in [6, 6.07) is 7.36. The number of aryl methyl sites for hydroxylation is 1. The minimum absolute atomic E-state index is 0.0411. The fourth-order valence-electron chi connectivity index (χ4n) is 1.75. The fraction of sp³-hybridized carbons (Fsp3) is 0.231. The second-order valence-electron chi connectivity index (χ2n) is 4.16. The van der Waals surface area contributed by atoms with Crippen molar-refractivity contribution in [3.05, 3.63) is 45.8 Å². The molecule has 2 aromatic heterocycles. The van der Waals surface area contributed by atoms with Crippen molar-refractivity contribution in [1.82, 2.24) is 9.88 Å². The van der Waals surface area contributed by atoms with Crippen LogP contribution in [-0.4, -0.2) is 22.8 Å². The van der Waals surface area contributed by atoms with Gasteiger partial charge in [-0.05, 0) is 30.5 Å². The predicted molar refractivity (Wildman–Crippen MR) is 73.5 cm³/mol. The Labute approximate surface area is 110 Å². The Balaban J connectivity index is 2.15. The molecule has 0 spiro atoms. The van der Waals surface area contributed by atoms with Crippen molar-refractivity contribution in [1.29, 1.82) is 0 Å². The Morgan fingerprint density at radius 1 is 1.50 bits per heavy atom. The normalized spacial score (nSPS) is 10.3. The molecule has 5 heteroatoms. The van der Waals surface area contributed by atoms with Gasteiger partial charge >= 0.3 is 0 Å². The summed E-state index contributed by atoms with van der Waals surface area (Å²) in [7, 11) is 1.79. The lowest BCUT2D eigenvalue weighted by molar-refractivity contribution is 0.0786. The number of hydrogen-bond acceptors (Lipinski definition) is 4. The number of nitrogen functional groups attached to an aromatic ring is 1. The van der Waals surface area contributed by atoms with Gasteiger partial charge in [0.1, 0.15) is 5.82 Å². The van der Waals surface area contributed by atoms with E-state index < -0.39 is 0 Å². The zero-order valence-corrected chi connectivity index (χ0v) is 11.2. The third-order valence-electron chi connectivity index (χ3n) is 2.54. The van der Waals surface area contributed by atoms with Gasteiger partial charge in [0.15, 0.2) is 0 Å². The third-order valence-corrected chi connectivity index (χ3v) is 3.40. The zero-order chi connectivity index (χ0) is 13.1. The molecule has 0 atom stereocenters. The lowest BCUT2D eigenvalue weighted by atomic mass is 10.2. The van der Waals surface area contributed by atoms with E-state index in [4.69, 9.17) is 5.73 Å². The van der Waals surface area contributed by atoms with Gasteiger partial charge in [0.25, 0.3) is 5.91 Å². The van der Waals surface area contributed by atoms with E-state index in [1.54, 1.807) is 35.4 Å². The summed E-state index contributed by atoms with van der Waals surface area (Å²) in [4.78, 5) is 19.1. The van der Waals surface area contributed by atoms with Crippen LogP contribution in [0.1, 0.15) is 20.9 Å². The van der Waals surface area contributed by atoms with E-state index in [2.05, 4.69) is 4.98 Å². The van der Waals surface area contributed by atoms with Gasteiger partial charge in [-0.15, -0.1) is 11.3 Å². The van der Waals surface area contributed by atoms with Crippen LogP contribution in [0.2, 0.25) is 0 Å². The first-order valence-corrected chi connectivity index (χ1v) is 6.46. The topological polar surface area (TPSA) is 59.2 Å². The van der Waals surface area contributed by atoms with Crippen LogP contribution < -0.4 is 5.73 Å². The lowest BCUT2D eigenvalue weighted by Crippen LogP contribution is -2.26. The Bertz CT molecular complexity index is 531. The summed E-state index contributed by atoms with van der Waals surface area (Å²) in [6.45, 7) is 2.43. The van der Waals surface area contributed by atoms with Crippen molar-refractivity contribution in [3.63, 3.8) is 0 Å². The number of nitrogens with zero attached hydrogens (tertiary/aromatic N) is 2. The second kappa shape index (κ2) is 5.18. The number of nitrogens with two attached hydrogens (primary N) is 1. The van der Waals surface area contributed by atoms with Gasteiger partial charge in [0.05, 0.1) is 6.54 Å². The Morgan fingerprint density at radius 3 is 2.89 bits per heavy atom. The maximum atomic E-state index is 12.2. The molecule has 2 aromatic rings. The van der Waals surface area contributed by atoms with Crippen LogP contribution in [0.3, 0.4) is 0 Å². The molecule has 0 unspecified atom stereocenters. The van der Waals surface area contributed by atoms with Gasteiger partial charge in [-0.1, -0.05) is 6.07 Å². The van der Waals surface area contributed by atoms with Crippen LogP contribution in [-0.2, 0) is 6.54 Å². The monoisotopic (exact) mass is 261 g/mol. The number of rotatable bonds is 3. The van der Waals surface area contributed by atoms with E-state index in [1.807, 2.05) is 24.4 Å². The molecule has 0 saturated carbocycles. The Hall–Kier alpha value is -1.88. The Morgan fingerprint density at radius 2 is 2.28 bits per heavy atom. The molecule has 18 heavy (non-hydrogen) atoms. The zero-order valence-electron chi connectivity index (χ0n) is 10.4. The van der Waals surface area contributed by atoms with Gasteiger partial charge in [0, 0.05) is 23.2 Å². The first-order valence-electron chi connectivity index (χ1n) is 5.58. The lowest BCUT2D eigenvalue weighted by Gasteiger charge is -2.16. The molecule has 0 aliphatic heterocycles. The summed E-state index contributed by atoms with van der Waals surface area (Å²) >= 11 is 1.64. The van der Waals surface area contributed by atoms with Gasteiger partial charge < -0.3 is 10.6 Å². The highest BCUT2D eigenvalue weighted by atomic mass is 32.1. The smallest absolute Gasteiger partial charge is 0.254 e. The van der Waals surface area contributed by atoms with Crippen molar-refractivity contribution in [3.8, 4) is 0 Å². The molecule has 0 fully saturated rings. The van der Waals surface area contributed by atoms with E-state index >= 15 is 0 Å². The number of amides is 1. The minimum atomic E-state index is -0.0411. The van der Waals surface area contributed by atoms with Crippen LogP contribution >= 0.6 is 11.3 Å². The van der Waals surface area contributed by atoms with Crippen molar-refractivity contribution in [2.45, 2.75) is 13.5 Å². The number of carbonyl (C=O) groups excluding carboxylic acids is 1. The highest BCUT2D eigenvalue weighted by Crippen LogP contribution is 2.14. The molecule has 0 bridgehead atoms. The molecule has 94 valence electrons. The SMILES string of the molecule is Cc1cc(C(=O)N(C)Cc2cccs2)cc(N)n1. The summed E-state index contributed by atoms with van der Waals surface area (Å²) in [5, 5.41) is 2.00. The molecule has 0 aromatic carbocycles. The standard InChI is InChI=1S/C13H15N3OS/c1-9-6-10(7-12(14)15-9)13(17)16(2)8-11-4-3-5-18-11/h3-7H,8H2,1-2H3,(H2,14,15). The molecule has 0 aliphatic carbocycles. The van der Waals surface area contributed by atoms with Crippen LogP contribution in [0.25, 0.3) is 0 Å². The molecule has 0 saturated heterocycles. The van der Waals surface area contributed by atoms with E-state index in [9.17, 15) is 4.79 Å². The molecular weight excluding hydrogens is 246 g/mol. The number of aromatic nitrogens is 1. The molecule has 2 rings (SSSR count). The number of anilines is 1. The van der Waals surface area contributed by atoms with Crippen molar-refractivity contribution < 1.29 is 4.79 Å². The van der Waals surface area contributed by atoms with Crippen LogP contribution in [0.4, 0.5) is 5.82 Å². The van der Waals surface area contributed by atoms with E-state index in [0.717, 1.165) is 10.6 Å². The molecule has 2 heterocycles. The molecular formula is C13H15N3OS. The van der Waals surface area contributed by atoms with Crippen LogP contribution in [0.5, 0.6) is 0 Å². The van der Waals surface area contributed by atoms with Crippen molar-refractivity contribution >= 4 is 23.1 Å². The number of thiophene rings is 1. The quantitative estimate of drug-likeness (QED) is 0.922. The largest absolute Gasteiger partial charge is 0.384 e. The predicted octanol–water partition coefficient (Wildman–Crippen LogP) is 2.31. The van der Waals surface area contributed by atoms with Gasteiger partial charge in [-0.3, -0.25) is 4.79 Å². The fourth-order valence-corrected chi connectivity index (χ4v) is 2.50. The van der Waals surface area contributed by atoms with E-state index in [1.165, 1.54) is 0 Å². The van der Waals surface area contributed by atoms with E-state index in [0.29, 0.717) is 17.9 Å². The van der Waals surface area contributed by atoms with Crippen molar-refractivity contribution in [2.24, 2.45) is 0 Å². The van der Waals surface area contributed by atoms with Crippen LogP contribution in [0.15, 0.2) is 29.6 Å². The molecule has 1 amide bonds. The number of carbonyl (C=O) groups is 1. The summed E-state index contributed by atoms with van der Waals surface area (Å²) in [5.41, 5.74) is 6.99. The molecule has 0 radical (unpaired) electrons.